The lowest BCUT2D eigenvalue weighted by Gasteiger charge is -2.23. The van der Waals surface area contributed by atoms with Gasteiger partial charge in [-0.05, 0) is 25.3 Å². The van der Waals surface area contributed by atoms with E-state index in [4.69, 9.17) is 5.73 Å². The Morgan fingerprint density at radius 1 is 1.53 bits per heavy atom. The van der Waals surface area contributed by atoms with Crippen LogP contribution in [0.4, 0.5) is 11.5 Å². The molecule has 1 saturated heterocycles. The molecular formula is C11H17N3O2S. The van der Waals surface area contributed by atoms with Crippen LogP contribution in [0, 0.1) is 6.92 Å². The molecule has 3 N–H and O–H groups in total. The molecule has 1 unspecified atom stereocenters. The lowest BCUT2D eigenvalue weighted by atomic mass is 10.2. The number of sulfone groups is 1. The third-order valence-corrected chi connectivity index (χ3v) is 4.78. The van der Waals surface area contributed by atoms with Crippen LogP contribution >= 0.6 is 0 Å². The summed E-state index contributed by atoms with van der Waals surface area (Å²) in [6.07, 6.45) is 3.25. The Balaban J connectivity index is 2.08. The average molecular weight is 255 g/mol. The van der Waals surface area contributed by atoms with Gasteiger partial charge in [0, 0.05) is 24.0 Å². The second kappa shape index (κ2) is 4.52. The Morgan fingerprint density at radius 3 is 2.94 bits per heavy atom. The van der Waals surface area contributed by atoms with Gasteiger partial charge >= 0.3 is 0 Å². The molecule has 0 aromatic carbocycles. The van der Waals surface area contributed by atoms with Gasteiger partial charge in [0.05, 0.1) is 11.5 Å². The molecule has 6 heteroatoms. The zero-order valence-electron chi connectivity index (χ0n) is 9.81. The molecule has 0 saturated carbocycles. The fourth-order valence-electron chi connectivity index (χ4n) is 1.96. The van der Waals surface area contributed by atoms with E-state index in [-0.39, 0.29) is 11.8 Å². The number of nitrogens with two attached hydrogens (primary N) is 1. The first kappa shape index (κ1) is 12.2. The van der Waals surface area contributed by atoms with E-state index in [1.54, 1.807) is 12.3 Å². The molecule has 1 aromatic heterocycles. The molecule has 17 heavy (non-hydrogen) atoms. The quantitative estimate of drug-likeness (QED) is 0.822. The lowest BCUT2D eigenvalue weighted by Crippen LogP contribution is -2.35. The summed E-state index contributed by atoms with van der Waals surface area (Å²) in [7, 11) is -2.89. The predicted molar refractivity (Wildman–Crippen MR) is 68.7 cm³/mol. The maximum atomic E-state index is 11.5. The lowest BCUT2D eigenvalue weighted by molar-refractivity contribution is 0.561. The molecule has 0 amide bonds. The summed E-state index contributed by atoms with van der Waals surface area (Å²) in [4.78, 5) is 4.20. The Hall–Kier alpha value is -1.30. The SMILES string of the molecule is Cc1cnc(NC2CCCS(=O)(=O)C2)cc1N. The van der Waals surface area contributed by atoms with E-state index >= 15 is 0 Å². The zero-order chi connectivity index (χ0) is 12.5. The standard InChI is InChI=1S/C11H17N3O2S/c1-8-6-13-11(5-10(8)12)14-9-3-2-4-17(15,16)7-9/h5-6,9H,2-4,7H2,1H3,(H3,12,13,14). The highest BCUT2D eigenvalue weighted by molar-refractivity contribution is 7.91. The van der Waals surface area contributed by atoms with Crippen molar-refractivity contribution < 1.29 is 8.42 Å². The van der Waals surface area contributed by atoms with Crippen molar-refractivity contribution in [2.45, 2.75) is 25.8 Å². The van der Waals surface area contributed by atoms with Crippen LogP contribution in [0.5, 0.6) is 0 Å². The van der Waals surface area contributed by atoms with E-state index in [0.717, 1.165) is 12.0 Å². The van der Waals surface area contributed by atoms with Crippen LogP contribution in [0.15, 0.2) is 12.3 Å². The Labute approximate surface area is 101 Å². The fourth-order valence-corrected chi connectivity index (χ4v) is 3.60. The monoisotopic (exact) mass is 255 g/mol. The molecular weight excluding hydrogens is 238 g/mol. The van der Waals surface area contributed by atoms with Gasteiger partial charge in [-0.3, -0.25) is 0 Å². The van der Waals surface area contributed by atoms with Crippen LogP contribution in [0.1, 0.15) is 18.4 Å². The van der Waals surface area contributed by atoms with Gasteiger partial charge in [-0.1, -0.05) is 0 Å². The first-order chi connectivity index (χ1) is 7.96. The molecule has 2 rings (SSSR count). The second-order valence-electron chi connectivity index (χ2n) is 4.52. The molecule has 0 bridgehead atoms. The minimum Gasteiger partial charge on any atom is -0.398 e. The van der Waals surface area contributed by atoms with Crippen LogP contribution in [-0.2, 0) is 9.84 Å². The predicted octanol–water partition coefficient (Wildman–Crippen LogP) is 0.961. The van der Waals surface area contributed by atoms with E-state index in [0.29, 0.717) is 23.7 Å². The van der Waals surface area contributed by atoms with Gasteiger partial charge in [-0.2, -0.15) is 0 Å². The molecule has 1 fully saturated rings. The Morgan fingerprint density at radius 2 is 2.29 bits per heavy atom. The molecule has 1 aliphatic heterocycles. The van der Waals surface area contributed by atoms with E-state index < -0.39 is 9.84 Å². The summed E-state index contributed by atoms with van der Waals surface area (Å²) in [5.41, 5.74) is 7.37. The van der Waals surface area contributed by atoms with Crippen LogP contribution in [0.25, 0.3) is 0 Å². The van der Waals surface area contributed by atoms with Crippen LogP contribution in [-0.4, -0.2) is 30.9 Å². The van der Waals surface area contributed by atoms with E-state index in [1.807, 2.05) is 6.92 Å². The maximum absolute atomic E-state index is 11.5. The van der Waals surface area contributed by atoms with Gasteiger partial charge in [0.25, 0.3) is 0 Å². The molecule has 1 atom stereocenters. The van der Waals surface area contributed by atoms with Gasteiger partial charge in [0.2, 0.25) is 0 Å². The van der Waals surface area contributed by atoms with Gasteiger partial charge in [-0.15, -0.1) is 0 Å². The van der Waals surface area contributed by atoms with Crippen molar-refractivity contribution in [3.8, 4) is 0 Å². The molecule has 94 valence electrons. The molecule has 0 radical (unpaired) electrons. The van der Waals surface area contributed by atoms with Crippen molar-refractivity contribution in [2.24, 2.45) is 0 Å². The highest BCUT2D eigenvalue weighted by atomic mass is 32.2. The second-order valence-corrected chi connectivity index (χ2v) is 6.75. The number of nitrogens with zero attached hydrogens (tertiary/aromatic N) is 1. The molecule has 1 aliphatic rings. The van der Waals surface area contributed by atoms with Gasteiger partial charge < -0.3 is 11.1 Å². The van der Waals surface area contributed by atoms with Crippen LogP contribution in [0.2, 0.25) is 0 Å². The first-order valence-electron chi connectivity index (χ1n) is 5.65. The molecule has 0 aliphatic carbocycles. The number of rotatable bonds is 2. The highest BCUT2D eigenvalue weighted by Gasteiger charge is 2.24. The van der Waals surface area contributed by atoms with Gasteiger partial charge in [0.1, 0.15) is 5.82 Å². The van der Waals surface area contributed by atoms with Crippen molar-refractivity contribution >= 4 is 21.3 Å². The number of nitrogens with one attached hydrogen (secondary N) is 1. The summed E-state index contributed by atoms with van der Waals surface area (Å²) in [6, 6.07) is 1.69. The van der Waals surface area contributed by atoms with Gasteiger partial charge in [0.15, 0.2) is 9.84 Å². The third-order valence-electron chi connectivity index (χ3n) is 2.96. The summed E-state index contributed by atoms with van der Waals surface area (Å²) in [6.45, 7) is 1.89. The minimum atomic E-state index is -2.89. The van der Waals surface area contributed by atoms with Crippen molar-refractivity contribution in [1.82, 2.24) is 4.98 Å². The summed E-state index contributed by atoms with van der Waals surface area (Å²) >= 11 is 0. The molecule has 2 heterocycles. The number of pyridine rings is 1. The third kappa shape index (κ3) is 3.09. The highest BCUT2D eigenvalue weighted by Crippen LogP contribution is 2.19. The largest absolute Gasteiger partial charge is 0.398 e. The number of aromatic nitrogens is 1. The van der Waals surface area contributed by atoms with E-state index in [2.05, 4.69) is 10.3 Å². The number of hydrogen-bond acceptors (Lipinski definition) is 5. The van der Waals surface area contributed by atoms with Gasteiger partial charge in [-0.25, -0.2) is 13.4 Å². The first-order valence-corrected chi connectivity index (χ1v) is 7.47. The number of nitrogen functional groups attached to an aromatic ring is 1. The normalized spacial score (nSPS) is 23.2. The number of anilines is 2. The molecule has 1 aromatic rings. The van der Waals surface area contributed by atoms with Crippen molar-refractivity contribution in [3.05, 3.63) is 17.8 Å². The minimum absolute atomic E-state index is 0.0524. The Bertz CT molecular complexity index is 513. The Kier molecular flexibility index (Phi) is 3.24. The summed E-state index contributed by atoms with van der Waals surface area (Å²) < 4.78 is 23.0. The van der Waals surface area contributed by atoms with E-state index in [9.17, 15) is 8.42 Å². The topological polar surface area (TPSA) is 85.1 Å². The average Bonchev–Trinajstić information content (AvgIpc) is 2.22. The summed E-state index contributed by atoms with van der Waals surface area (Å²) in [5.74, 6) is 1.13. The van der Waals surface area contributed by atoms with Crippen LogP contribution in [0.3, 0.4) is 0 Å². The van der Waals surface area contributed by atoms with Crippen molar-refractivity contribution in [2.75, 3.05) is 22.6 Å². The fraction of sp³-hybridized carbons (Fsp3) is 0.545. The number of hydrogen-bond donors (Lipinski definition) is 2. The zero-order valence-corrected chi connectivity index (χ0v) is 10.6. The van der Waals surface area contributed by atoms with Crippen molar-refractivity contribution in [3.63, 3.8) is 0 Å². The maximum Gasteiger partial charge on any atom is 0.152 e. The van der Waals surface area contributed by atoms with Crippen molar-refractivity contribution in [1.29, 1.82) is 0 Å². The molecule has 5 nitrogen and oxygen atoms in total. The smallest absolute Gasteiger partial charge is 0.152 e. The molecule has 0 spiro atoms. The van der Waals surface area contributed by atoms with Crippen LogP contribution < -0.4 is 11.1 Å². The van der Waals surface area contributed by atoms with E-state index in [1.165, 1.54) is 0 Å². The number of aryl methyl sites for hydroxylation is 1. The summed E-state index contributed by atoms with van der Waals surface area (Å²) in [5, 5.41) is 3.13.